The minimum atomic E-state index is -0.544. The fourth-order valence-electron chi connectivity index (χ4n) is 0.566. The van der Waals surface area contributed by atoms with Gasteiger partial charge in [-0.3, -0.25) is 4.79 Å². The monoisotopic (exact) mass is 190 g/mol. The van der Waals surface area contributed by atoms with E-state index >= 15 is 0 Å². The first-order valence-corrected chi connectivity index (χ1v) is 3.57. The van der Waals surface area contributed by atoms with E-state index in [2.05, 4.69) is 0 Å². The summed E-state index contributed by atoms with van der Waals surface area (Å²) in [5, 5.41) is -0.260. The number of carbonyl (C=O) groups is 1. The quantitative estimate of drug-likeness (QED) is 0.531. The summed E-state index contributed by atoms with van der Waals surface area (Å²) < 4.78 is 4.90. The van der Waals surface area contributed by atoms with Crippen LogP contribution in [0.25, 0.3) is 6.08 Å². The van der Waals surface area contributed by atoms with E-state index in [4.69, 9.17) is 27.6 Å². The van der Waals surface area contributed by atoms with E-state index < -0.39 is 5.24 Å². The van der Waals surface area contributed by atoms with Crippen molar-refractivity contribution in [2.45, 2.75) is 0 Å². The molecule has 0 saturated heterocycles. The molecule has 0 atom stereocenters. The summed E-state index contributed by atoms with van der Waals surface area (Å²) in [6, 6.07) is 3.22. The summed E-state index contributed by atoms with van der Waals surface area (Å²) >= 11 is 10.5. The molecule has 0 fully saturated rings. The van der Waals surface area contributed by atoms with E-state index in [1.54, 1.807) is 12.1 Å². The smallest absolute Gasteiger partial charge is 0.245 e. The lowest BCUT2D eigenvalue weighted by molar-refractivity contribution is -0.107. The van der Waals surface area contributed by atoms with Gasteiger partial charge in [0.1, 0.15) is 5.76 Å². The molecule has 1 aromatic rings. The lowest BCUT2D eigenvalue weighted by Gasteiger charge is -1.80. The Morgan fingerprint density at radius 2 is 2.27 bits per heavy atom. The molecular formula is C7H4Cl2O2. The number of allylic oxidation sites excluding steroid dienone is 1. The number of halogens is 2. The molecule has 58 valence electrons. The van der Waals surface area contributed by atoms with E-state index in [-0.39, 0.29) is 5.22 Å². The summed E-state index contributed by atoms with van der Waals surface area (Å²) in [6.07, 6.45) is 2.64. The third-order valence-electron chi connectivity index (χ3n) is 0.973. The van der Waals surface area contributed by atoms with Gasteiger partial charge in [-0.15, -0.1) is 0 Å². The van der Waals surface area contributed by atoms with Gasteiger partial charge < -0.3 is 4.42 Å². The summed E-state index contributed by atoms with van der Waals surface area (Å²) in [4.78, 5) is 10.2. The van der Waals surface area contributed by atoms with Gasteiger partial charge >= 0.3 is 0 Å². The predicted octanol–water partition coefficient (Wildman–Crippen LogP) is 2.71. The van der Waals surface area contributed by atoms with Gasteiger partial charge in [0, 0.05) is 6.08 Å². The molecule has 4 heteroatoms. The number of rotatable bonds is 2. The largest absolute Gasteiger partial charge is 0.445 e. The molecule has 1 rings (SSSR count). The van der Waals surface area contributed by atoms with Crippen molar-refractivity contribution in [3.63, 3.8) is 0 Å². The van der Waals surface area contributed by atoms with Crippen LogP contribution in [0.4, 0.5) is 0 Å². The first-order valence-electron chi connectivity index (χ1n) is 2.81. The van der Waals surface area contributed by atoms with Crippen LogP contribution in [-0.4, -0.2) is 5.24 Å². The van der Waals surface area contributed by atoms with Gasteiger partial charge in [-0.05, 0) is 41.4 Å². The molecule has 0 aromatic carbocycles. The van der Waals surface area contributed by atoms with Crippen molar-refractivity contribution in [2.75, 3.05) is 0 Å². The first kappa shape index (κ1) is 8.37. The average molecular weight is 191 g/mol. The zero-order valence-electron chi connectivity index (χ0n) is 5.38. The highest BCUT2D eigenvalue weighted by molar-refractivity contribution is 6.66. The Balaban J connectivity index is 2.71. The molecule has 11 heavy (non-hydrogen) atoms. The van der Waals surface area contributed by atoms with E-state index in [1.807, 2.05) is 0 Å². The van der Waals surface area contributed by atoms with Crippen LogP contribution in [0.3, 0.4) is 0 Å². The predicted molar refractivity (Wildman–Crippen MR) is 43.6 cm³/mol. The standard InChI is InChI=1S/C7H4Cl2O2/c8-6(10)3-1-5-2-4-7(9)11-5/h1-4H/b3-1+. The molecule has 1 aromatic heterocycles. The second-order valence-electron chi connectivity index (χ2n) is 1.78. The van der Waals surface area contributed by atoms with Crippen LogP contribution >= 0.6 is 23.2 Å². The Bertz CT molecular complexity index is 288. The van der Waals surface area contributed by atoms with Crippen molar-refractivity contribution in [1.29, 1.82) is 0 Å². The van der Waals surface area contributed by atoms with Crippen LogP contribution in [-0.2, 0) is 4.79 Å². The summed E-state index contributed by atoms with van der Waals surface area (Å²) in [5.41, 5.74) is 0. The van der Waals surface area contributed by atoms with E-state index in [1.165, 1.54) is 12.2 Å². The molecular weight excluding hydrogens is 187 g/mol. The maximum atomic E-state index is 10.2. The van der Waals surface area contributed by atoms with Crippen LogP contribution in [0.2, 0.25) is 5.22 Å². The molecule has 0 aliphatic carbocycles. The Morgan fingerprint density at radius 1 is 1.55 bits per heavy atom. The fourth-order valence-corrected chi connectivity index (χ4v) is 0.781. The Morgan fingerprint density at radius 3 is 2.73 bits per heavy atom. The minimum absolute atomic E-state index is 0.284. The number of hydrogen-bond donors (Lipinski definition) is 0. The Kier molecular flexibility index (Phi) is 2.74. The topological polar surface area (TPSA) is 30.2 Å². The molecule has 0 N–H and O–H groups in total. The van der Waals surface area contributed by atoms with Gasteiger partial charge in [0.05, 0.1) is 0 Å². The summed E-state index contributed by atoms with van der Waals surface area (Å²) in [5.74, 6) is 0.504. The molecule has 0 aliphatic rings. The first-order chi connectivity index (χ1) is 5.18. The van der Waals surface area contributed by atoms with E-state index in [0.717, 1.165) is 0 Å². The Hall–Kier alpha value is -0.730. The lowest BCUT2D eigenvalue weighted by atomic mass is 10.4. The van der Waals surface area contributed by atoms with Crippen molar-refractivity contribution in [3.8, 4) is 0 Å². The maximum Gasteiger partial charge on any atom is 0.245 e. The van der Waals surface area contributed by atoms with E-state index in [0.29, 0.717) is 5.76 Å². The second-order valence-corrected chi connectivity index (χ2v) is 2.52. The number of furan rings is 1. The highest BCUT2D eigenvalue weighted by Crippen LogP contribution is 2.14. The van der Waals surface area contributed by atoms with Crippen molar-refractivity contribution >= 4 is 34.5 Å². The molecule has 0 unspecified atom stereocenters. The molecule has 0 aliphatic heterocycles. The minimum Gasteiger partial charge on any atom is -0.445 e. The zero-order valence-corrected chi connectivity index (χ0v) is 6.89. The van der Waals surface area contributed by atoms with Gasteiger partial charge in [-0.1, -0.05) is 0 Å². The SMILES string of the molecule is O=C(Cl)/C=C/c1ccc(Cl)o1. The van der Waals surface area contributed by atoms with Crippen molar-refractivity contribution in [2.24, 2.45) is 0 Å². The third-order valence-corrected chi connectivity index (χ3v) is 1.30. The summed E-state index contributed by atoms with van der Waals surface area (Å²) in [6.45, 7) is 0. The van der Waals surface area contributed by atoms with Gasteiger partial charge in [0.2, 0.25) is 5.24 Å². The lowest BCUT2D eigenvalue weighted by Crippen LogP contribution is -1.73. The second kappa shape index (κ2) is 3.60. The van der Waals surface area contributed by atoms with Gasteiger partial charge in [0.25, 0.3) is 0 Å². The highest BCUT2D eigenvalue weighted by Gasteiger charge is 1.94. The molecule has 0 bridgehead atoms. The van der Waals surface area contributed by atoms with Crippen LogP contribution in [0, 0.1) is 0 Å². The number of carbonyl (C=O) groups excluding carboxylic acids is 1. The maximum absolute atomic E-state index is 10.2. The molecule has 2 nitrogen and oxygen atoms in total. The normalized spacial score (nSPS) is 10.7. The zero-order chi connectivity index (χ0) is 8.27. The fraction of sp³-hybridized carbons (Fsp3) is 0. The van der Waals surface area contributed by atoms with Crippen LogP contribution in [0.1, 0.15) is 5.76 Å². The van der Waals surface area contributed by atoms with Crippen LogP contribution in [0.15, 0.2) is 22.6 Å². The van der Waals surface area contributed by atoms with Crippen LogP contribution < -0.4 is 0 Å². The molecule has 0 radical (unpaired) electrons. The van der Waals surface area contributed by atoms with Crippen molar-refractivity contribution in [3.05, 3.63) is 29.2 Å². The number of hydrogen-bond acceptors (Lipinski definition) is 2. The average Bonchev–Trinajstić information content (AvgIpc) is 2.31. The van der Waals surface area contributed by atoms with Gasteiger partial charge in [-0.25, -0.2) is 0 Å². The third kappa shape index (κ3) is 2.78. The highest BCUT2D eigenvalue weighted by atomic mass is 35.5. The van der Waals surface area contributed by atoms with Crippen LogP contribution in [0.5, 0.6) is 0 Å². The molecule has 0 amide bonds. The van der Waals surface area contributed by atoms with E-state index in [9.17, 15) is 4.79 Å². The molecule has 0 saturated carbocycles. The summed E-state index contributed by atoms with van der Waals surface area (Å²) in [7, 11) is 0. The van der Waals surface area contributed by atoms with Crippen molar-refractivity contribution in [1.82, 2.24) is 0 Å². The molecule has 1 heterocycles. The Labute approximate surface area is 73.4 Å². The molecule has 0 spiro atoms. The van der Waals surface area contributed by atoms with Gasteiger partial charge in [0.15, 0.2) is 5.22 Å². The van der Waals surface area contributed by atoms with Crippen molar-refractivity contribution < 1.29 is 9.21 Å². The van der Waals surface area contributed by atoms with Gasteiger partial charge in [-0.2, -0.15) is 0 Å².